The van der Waals surface area contributed by atoms with Crippen LogP contribution < -0.4 is 10.7 Å². The van der Waals surface area contributed by atoms with Gasteiger partial charge < -0.3 is 15.0 Å². The van der Waals surface area contributed by atoms with Crippen molar-refractivity contribution in [3.05, 3.63) is 107 Å². The molecule has 2 N–H and O–H groups in total. The molecular formula is C31H31N3O3. The van der Waals surface area contributed by atoms with Crippen LogP contribution in [0.1, 0.15) is 48.5 Å². The van der Waals surface area contributed by atoms with Crippen molar-refractivity contribution in [2.75, 3.05) is 6.54 Å². The van der Waals surface area contributed by atoms with Gasteiger partial charge in [-0.2, -0.15) is 0 Å². The van der Waals surface area contributed by atoms with E-state index in [0.29, 0.717) is 29.4 Å². The second-order valence-corrected chi connectivity index (χ2v) is 9.95. The van der Waals surface area contributed by atoms with Crippen LogP contribution >= 0.6 is 0 Å². The van der Waals surface area contributed by atoms with Crippen LogP contribution in [0.15, 0.2) is 90.2 Å². The maximum atomic E-state index is 13.2. The Morgan fingerprint density at radius 1 is 1.16 bits per heavy atom. The first-order chi connectivity index (χ1) is 17.9. The van der Waals surface area contributed by atoms with Crippen LogP contribution in [0.3, 0.4) is 0 Å². The summed E-state index contributed by atoms with van der Waals surface area (Å²) in [6, 6.07) is 19.8. The van der Waals surface area contributed by atoms with Gasteiger partial charge in [-0.25, -0.2) is 4.98 Å². The summed E-state index contributed by atoms with van der Waals surface area (Å²) < 4.78 is 1.81. The number of nitrogens with one attached hydrogen (secondary N) is 1. The predicted molar refractivity (Wildman–Crippen MR) is 147 cm³/mol. The van der Waals surface area contributed by atoms with Crippen molar-refractivity contribution in [2.45, 2.75) is 32.6 Å². The van der Waals surface area contributed by atoms with Gasteiger partial charge in [-0.3, -0.25) is 9.59 Å². The van der Waals surface area contributed by atoms with Crippen molar-refractivity contribution in [2.24, 2.45) is 11.8 Å². The van der Waals surface area contributed by atoms with Crippen molar-refractivity contribution in [3.63, 3.8) is 0 Å². The predicted octanol–water partition coefficient (Wildman–Crippen LogP) is 6.00. The number of aliphatic hydroxyl groups is 1. The Hall–Kier alpha value is -4.19. The zero-order valence-corrected chi connectivity index (χ0v) is 21.1. The summed E-state index contributed by atoms with van der Waals surface area (Å²) in [4.78, 5) is 30.6. The smallest absolute Gasteiger partial charge is 0.256 e. The number of hydrogen-bond acceptors (Lipinski definition) is 4. The van der Waals surface area contributed by atoms with E-state index >= 15 is 0 Å². The lowest BCUT2D eigenvalue weighted by molar-refractivity contribution is 0.0946. The first-order valence-corrected chi connectivity index (χ1v) is 12.7. The molecule has 2 aromatic carbocycles. The number of pyridine rings is 2. The summed E-state index contributed by atoms with van der Waals surface area (Å²) in [7, 11) is 0. The van der Waals surface area contributed by atoms with Gasteiger partial charge in [-0.05, 0) is 59.2 Å². The first-order valence-electron chi connectivity index (χ1n) is 12.7. The lowest BCUT2D eigenvalue weighted by Crippen LogP contribution is -2.32. The molecule has 4 aromatic rings. The minimum atomic E-state index is -0.375. The van der Waals surface area contributed by atoms with Crippen molar-refractivity contribution < 1.29 is 9.90 Å². The Morgan fingerprint density at radius 3 is 2.65 bits per heavy atom. The summed E-state index contributed by atoms with van der Waals surface area (Å²) in [6.07, 6.45) is 5.12. The van der Waals surface area contributed by atoms with E-state index in [9.17, 15) is 14.7 Å². The monoisotopic (exact) mass is 493 g/mol. The average Bonchev–Trinajstić information content (AvgIpc) is 3.74. The number of carbonyl (C=O) groups excluding carboxylic acids is 1. The van der Waals surface area contributed by atoms with Crippen LogP contribution in [0.2, 0.25) is 0 Å². The van der Waals surface area contributed by atoms with E-state index in [1.807, 2.05) is 28.8 Å². The molecule has 5 rings (SSSR count). The van der Waals surface area contributed by atoms with Crippen molar-refractivity contribution in [1.29, 1.82) is 0 Å². The molecule has 6 heteroatoms. The lowest BCUT2D eigenvalue weighted by Gasteiger charge is -2.15. The van der Waals surface area contributed by atoms with Crippen molar-refractivity contribution in [3.8, 4) is 16.8 Å². The van der Waals surface area contributed by atoms with Crippen LogP contribution in [-0.2, 0) is 0 Å². The third kappa shape index (κ3) is 4.92. The van der Waals surface area contributed by atoms with Crippen LogP contribution in [-0.4, -0.2) is 27.1 Å². The molecule has 188 valence electrons. The molecule has 6 nitrogen and oxygen atoms in total. The van der Waals surface area contributed by atoms with Gasteiger partial charge >= 0.3 is 0 Å². The standard InChI is InChI=1S/C31H31N3O3/c1-4-19(2)17-33-31(37)28-18-34(30-25(29(28)36)9-6-14-32-30)24-8-5-7-23(15-24)21-10-12-22(13-11-21)27-16-26(27)20(3)35/h5-15,18-19,26-27,35H,3-4,16-17H2,1-2H3,(H,33,37). The van der Waals surface area contributed by atoms with Gasteiger partial charge in [0.05, 0.1) is 11.1 Å². The number of carbonyl (C=O) groups is 1. The molecule has 2 aromatic heterocycles. The van der Waals surface area contributed by atoms with E-state index in [-0.39, 0.29) is 28.6 Å². The van der Waals surface area contributed by atoms with Gasteiger partial charge in [0.1, 0.15) is 11.2 Å². The molecule has 0 saturated heterocycles. The van der Waals surface area contributed by atoms with E-state index in [2.05, 4.69) is 55.0 Å². The van der Waals surface area contributed by atoms with Gasteiger partial charge in [0.2, 0.25) is 5.43 Å². The molecule has 37 heavy (non-hydrogen) atoms. The van der Waals surface area contributed by atoms with E-state index in [1.165, 1.54) is 5.56 Å². The van der Waals surface area contributed by atoms with E-state index in [0.717, 1.165) is 29.7 Å². The highest BCUT2D eigenvalue weighted by Gasteiger charge is 2.40. The fraction of sp³-hybridized carbons (Fsp3) is 0.258. The van der Waals surface area contributed by atoms with Crippen LogP contribution in [0.5, 0.6) is 0 Å². The van der Waals surface area contributed by atoms with Gasteiger partial charge in [-0.1, -0.05) is 63.2 Å². The molecule has 1 fully saturated rings. The fourth-order valence-electron chi connectivity index (χ4n) is 4.71. The number of amides is 1. The summed E-state index contributed by atoms with van der Waals surface area (Å²) in [6.45, 7) is 8.31. The third-order valence-electron chi connectivity index (χ3n) is 7.33. The van der Waals surface area contributed by atoms with Gasteiger partial charge in [0, 0.05) is 30.5 Å². The van der Waals surface area contributed by atoms with Gasteiger partial charge in [0.25, 0.3) is 5.91 Å². The molecular weight excluding hydrogens is 462 g/mol. The number of nitrogens with zero attached hydrogens (tertiary/aromatic N) is 2. The second kappa shape index (κ2) is 10.1. The number of allylic oxidation sites excluding steroid dienone is 1. The molecule has 1 saturated carbocycles. The topological polar surface area (TPSA) is 84.2 Å². The minimum Gasteiger partial charge on any atom is -0.513 e. The highest BCUT2D eigenvalue weighted by molar-refractivity contribution is 5.97. The third-order valence-corrected chi connectivity index (χ3v) is 7.33. The average molecular weight is 494 g/mol. The van der Waals surface area contributed by atoms with E-state index in [4.69, 9.17) is 0 Å². The normalized spacial score (nSPS) is 17.4. The Morgan fingerprint density at radius 2 is 1.95 bits per heavy atom. The first kappa shape index (κ1) is 24.5. The van der Waals surface area contributed by atoms with Gasteiger partial charge in [-0.15, -0.1) is 0 Å². The SMILES string of the molecule is C=C(O)C1CC1c1ccc(-c2cccc(-n3cc(C(=O)NCC(C)CC)c(=O)c4cccnc43)c2)cc1. The fourth-order valence-corrected chi connectivity index (χ4v) is 4.71. The molecule has 3 atom stereocenters. The van der Waals surface area contributed by atoms with Crippen LogP contribution in [0.4, 0.5) is 0 Å². The Kier molecular flexibility index (Phi) is 6.66. The molecule has 0 radical (unpaired) electrons. The second-order valence-electron chi connectivity index (χ2n) is 9.95. The molecule has 2 heterocycles. The zero-order valence-electron chi connectivity index (χ0n) is 21.1. The molecule has 1 aliphatic rings. The molecule has 0 aliphatic heterocycles. The molecule has 1 amide bonds. The number of aromatic nitrogens is 2. The largest absolute Gasteiger partial charge is 0.513 e. The summed E-state index contributed by atoms with van der Waals surface area (Å²) in [5.74, 6) is 0.704. The number of hydrogen-bond donors (Lipinski definition) is 2. The number of aliphatic hydroxyl groups excluding tert-OH is 1. The number of rotatable bonds is 8. The van der Waals surface area contributed by atoms with E-state index in [1.54, 1.807) is 24.5 Å². The van der Waals surface area contributed by atoms with Crippen molar-refractivity contribution in [1.82, 2.24) is 14.9 Å². The maximum Gasteiger partial charge on any atom is 0.256 e. The Balaban J connectivity index is 1.51. The number of benzene rings is 2. The highest BCUT2D eigenvalue weighted by atomic mass is 16.3. The van der Waals surface area contributed by atoms with Gasteiger partial charge in [0.15, 0.2) is 0 Å². The Labute approximate surface area is 216 Å². The van der Waals surface area contributed by atoms with Crippen LogP contribution in [0, 0.1) is 11.8 Å². The zero-order chi connectivity index (χ0) is 26.1. The summed E-state index contributed by atoms with van der Waals surface area (Å²) >= 11 is 0. The quantitative estimate of drug-likeness (QED) is 0.295. The molecule has 0 spiro atoms. The Bertz CT molecular complexity index is 1540. The lowest BCUT2D eigenvalue weighted by atomic mass is 10.0. The van der Waals surface area contributed by atoms with Crippen LogP contribution in [0.25, 0.3) is 27.8 Å². The number of fused-ring (bicyclic) bond motifs is 1. The van der Waals surface area contributed by atoms with E-state index < -0.39 is 0 Å². The van der Waals surface area contributed by atoms with Crippen molar-refractivity contribution >= 4 is 16.9 Å². The maximum absolute atomic E-state index is 13.2. The highest BCUT2D eigenvalue weighted by Crippen LogP contribution is 2.50. The summed E-state index contributed by atoms with van der Waals surface area (Å²) in [5.41, 5.74) is 4.34. The minimum absolute atomic E-state index is 0.100. The molecule has 0 bridgehead atoms. The molecule has 1 aliphatic carbocycles. The summed E-state index contributed by atoms with van der Waals surface area (Å²) in [5, 5.41) is 13.0. The molecule has 3 unspecified atom stereocenters.